The standard InChI is InChI=1S/C18H25NO3/c1-2-16(14-8-10-15(11-9-14)18(21)22)19-17(20)12-13-6-4-3-5-7-13/h3-7,14-16H,2,8-12H2,1H3,(H,19,20)(H,21,22)/t14-,15-,16?. The average molecular weight is 303 g/mol. The highest BCUT2D eigenvalue weighted by atomic mass is 16.4. The van der Waals surface area contributed by atoms with Crippen molar-refractivity contribution >= 4 is 11.9 Å². The first-order chi connectivity index (χ1) is 10.6. The first-order valence-corrected chi connectivity index (χ1v) is 8.16. The summed E-state index contributed by atoms with van der Waals surface area (Å²) in [6, 6.07) is 9.89. The maximum atomic E-state index is 12.2. The molecule has 1 atom stereocenters. The van der Waals surface area contributed by atoms with Crippen LogP contribution in [0.4, 0.5) is 0 Å². The predicted octanol–water partition coefficient (Wildman–Crippen LogP) is 3.01. The quantitative estimate of drug-likeness (QED) is 0.849. The van der Waals surface area contributed by atoms with E-state index < -0.39 is 5.97 Å². The Hall–Kier alpha value is -1.84. The summed E-state index contributed by atoms with van der Waals surface area (Å²) in [7, 11) is 0. The lowest BCUT2D eigenvalue weighted by atomic mass is 9.78. The molecule has 2 N–H and O–H groups in total. The first kappa shape index (κ1) is 16.5. The Morgan fingerprint density at radius 3 is 2.36 bits per heavy atom. The number of aliphatic carboxylic acids is 1. The van der Waals surface area contributed by atoms with E-state index in [0.29, 0.717) is 12.3 Å². The smallest absolute Gasteiger partial charge is 0.306 e. The summed E-state index contributed by atoms with van der Waals surface area (Å²) in [6.07, 6.45) is 4.53. The number of rotatable bonds is 6. The highest BCUT2D eigenvalue weighted by Crippen LogP contribution is 2.31. The van der Waals surface area contributed by atoms with E-state index in [0.717, 1.165) is 37.7 Å². The van der Waals surface area contributed by atoms with Gasteiger partial charge in [-0.15, -0.1) is 0 Å². The molecule has 0 aromatic heterocycles. The minimum Gasteiger partial charge on any atom is -0.481 e. The summed E-state index contributed by atoms with van der Waals surface area (Å²) in [5, 5.41) is 12.2. The maximum absolute atomic E-state index is 12.2. The first-order valence-electron chi connectivity index (χ1n) is 8.16. The molecule has 2 rings (SSSR count). The zero-order valence-electron chi connectivity index (χ0n) is 13.1. The fourth-order valence-corrected chi connectivity index (χ4v) is 3.36. The van der Waals surface area contributed by atoms with Crippen LogP contribution in [-0.4, -0.2) is 23.0 Å². The zero-order valence-corrected chi connectivity index (χ0v) is 13.1. The third kappa shape index (κ3) is 4.58. The molecular weight excluding hydrogens is 278 g/mol. The highest BCUT2D eigenvalue weighted by molar-refractivity contribution is 5.78. The van der Waals surface area contributed by atoms with Gasteiger partial charge >= 0.3 is 5.97 Å². The third-order valence-corrected chi connectivity index (χ3v) is 4.68. The molecule has 0 aliphatic heterocycles. The van der Waals surface area contributed by atoms with Crippen molar-refractivity contribution in [3.8, 4) is 0 Å². The van der Waals surface area contributed by atoms with E-state index in [1.165, 1.54) is 0 Å². The fraction of sp³-hybridized carbons (Fsp3) is 0.556. The molecule has 1 unspecified atom stereocenters. The number of hydrogen-bond acceptors (Lipinski definition) is 2. The molecule has 1 fully saturated rings. The van der Waals surface area contributed by atoms with Crippen LogP contribution in [0.15, 0.2) is 30.3 Å². The van der Waals surface area contributed by atoms with Gasteiger partial charge in [-0.2, -0.15) is 0 Å². The van der Waals surface area contributed by atoms with Gasteiger partial charge in [0.1, 0.15) is 0 Å². The molecule has 0 saturated heterocycles. The minimum absolute atomic E-state index is 0.0541. The Kier molecular flexibility index (Phi) is 5.99. The van der Waals surface area contributed by atoms with Gasteiger partial charge in [0.2, 0.25) is 5.91 Å². The second kappa shape index (κ2) is 7.97. The largest absolute Gasteiger partial charge is 0.481 e. The number of carboxylic acid groups (broad SMARTS) is 1. The van der Waals surface area contributed by atoms with Crippen LogP contribution in [-0.2, 0) is 16.0 Å². The van der Waals surface area contributed by atoms with Crippen molar-refractivity contribution in [2.45, 2.75) is 51.5 Å². The molecule has 22 heavy (non-hydrogen) atoms. The number of carbonyl (C=O) groups is 2. The van der Waals surface area contributed by atoms with Crippen LogP contribution in [0.5, 0.6) is 0 Å². The van der Waals surface area contributed by atoms with Crippen molar-refractivity contribution in [2.24, 2.45) is 11.8 Å². The van der Waals surface area contributed by atoms with Gasteiger partial charge in [-0.05, 0) is 43.6 Å². The van der Waals surface area contributed by atoms with E-state index in [9.17, 15) is 9.59 Å². The van der Waals surface area contributed by atoms with Crippen LogP contribution in [0.3, 0.4) is 0 Å². The van der Waals surface area contributed by atoms with Crippen LogP contribution in [0.1, 0.15) is 44.6 Å². The van der Waals surface area contributed by atoms with E-state index in [4.69, 9.17) is 5.11 Å². The van der Waals surface area contributed by atoms with E-state index in [1.807, 2.05) is 30.3 Å². The van der Waals surface area contributed by atoms with Gasteiger partial charge in [-0.3, -0.25) is 9.59 Å². The number of amides is 1. The summed E-state index contributed by atoms with van der Waals surface area (Å²) >= 11 is 0. The topological polar surface area (TPSA) is 66.4 Å². The van der Waals surface area contributed by atoms with Gasteiger partial charge in [0.25, 0.3) is 0 Å². The molecule has 1 aromatic carbocycles. The molecule has 0 radical (unpaired) electrons. The maximum Gasteiger partial charge on any atom is 0.306 e. The van der Waals surface area contributed by atoms with Crippen LogP contribution >= 0.6 is 0 Å². The van der Waals surface area contributed by atoms with E-state index in [-0.39, 0.29) is 17.9 Å². The number of carbonyl (C=O) groups excluding carboxylic acids is 1. The van der Waals surface area contributed by atoms with Gasteiger partial charge in [-0.25, -0.2) is 0 Å². The van der Waals surface area contributed by atoms with Gasteiger partial charge in [0.05, 0.1) is 12.3 Å². The summed E-state index contributed by atoms with van der Waals surface area (Å²) in [5.74, 6) is -0.424. The van der Waals surface area contributed by atoms with Crippen molar-refractivity contribution < 1.29 is 14.7 Å². The molecular formula is C18H25NO3. The predicted molar refractivity (Wildman–Crippen MR) is 85.5 cm³/mol. The molecule has 0 spiro atoms. The molecule has 1 aliphatic rings. The molecule has 4 heteroatoms. The summed E-state index contributed by atoms with van der Waals surface area (Å²) < 4.78 is 0. The minimum atomic E-state index is -0.681. The van der Waals surface area contributed by atoms with Gasteiger partial charge in [0.15, 0.2) is 0 Å². The normalized spacial score (nSPS) is 22.8. The van der Waals surface area contributed by atoms with Crippen LogP contribution in [0.2, 0.25) is 0 Å². The van der Waals surface area contributed by atoms with E-state index >= 15 is 0 Å². The molecule has 4 nitrogen and oxygen atoms in total. The van der Waals surface area contributed by atoms with Crippen LogP contribution in [0, 0.1) is 11.8 Å². The van der Waals surface area contributed by atoms with Crippen LogP contribution in [0.25, 0.3) is 0 Å². The number of carboxylic acids is 1. The zero-order chi connectivity index (χ0) is 15.9. The number of nitrogens with one attached hydrogen (secondary N) is 1. The lowest BCUT2D eigenvalue weighted by Gasteiger charge is -2.32. The van der Waals surface area contributed by atoms with Gasteiger partial charge in [0, 0.05) is 6.04 Å². The monoisotopic (exact) mass is 303 g/mol. The molecule has 1 saturated carbocycles. The SMILES string of the molecule is CCC(NC(=O)Cc1ccccc1)[C@H]1CC[C@H](C(=O)O)CC1. The summed E-state index contributed by atoms with van der Waals surface area (Å²) in [5.41, 5.74) is 1.02. The summed E-state index contributed by atoms with van der Waals surface area (Å²) in [6.45, 7) is 2.08. The highest BCUT2D eigenvalue weighted by Gasteiger charge is 2.30. The Morgan fingerprint density at radius 1 is 1.18 bits per heavy atom. The summed E-state index contributed by atoms with van der Waals surface area (Å²) in [4.78, 5) is 23.2. The van der Waals surface area contributed by atoms with Crippen molar-refractivity contribution in [3.05, 3.63) is 35.9 Å². The van der Waals surface area contributed by atoms with Crippen molar-refractivity contribution in [3.63, 3.8) is 0 Å². The van der Waals surface area contributed by atoms with Crippen molar-refractivity contribution in [1.82, 2.24) is 5.32 Å². The molecule has 0 heterocycles. The fourth-order valence-electron chi connectivity index (χ4n) is 3.36. The Bertz CT molecular complexity index is 492. The average Bonchev–Trinajstić information content (AvgIpc) is 2.53. The van der Waals surface area contributed by atoms with E-state index in [1.54, 1.807) is 0 Å². The van der Waals surface area contributed by atoms with Crippen molar-refractivity contribution in [1.29, 1.82) is 0 Å². The Balaban J connectivity index is 1.84. The Labute approximate surface area is 131 Å². The second-order valence-corrected chi connectivity index (χ2v) is 6.19. The van der Waals surface area contributed by atoms with Gasteiger partial charge in [-0.1, -0.05) is 37.3 Å². The van der Waals surface area contributed by atoms with Crippen molar-refractivity contribution in [2.75, 3.05) is 0 Å². The Morgan fingerprint density at radius 2 is 1.82 bits per heavy atom. The van der Waals surface area contributed by atoms with E-state index in [2.05, 4.69) is 12.2 Å². The molecule has 0 bridgehead atoms. The second-order valence-electron chi connectivity index (χ2n) is 6.19. The molecule has 1 aromatic rings. The molecule has 1 amide bonds. The molecule has 120 valence electrons. The molecule has 1 aliphatic carbocycles. The third-order valence-electron chi connectivity index (χ3n) is 4.68. The lowest BCUT2D eigenvalue weighted by Crippen LogP contribution is -2.42. The number of hydrogen-bond donors (Lipinski definition) is 2. The lowest BCUT2D eigenvalue weighted by molar-refractivity contribution is -0.143. The van der Waals surface area contributed by atoms with Crippen LogP contribution < -0.4 is 5.32 Å². The number of benzene rings is 1. The van der Waals surface area contributed by atoms with Gasteiger partial charge < -0.3 is 10.4 Å².